The quantitative estimate of drug-likeness (QED) is 0.616. The Kier molecular flexibility index (Phi) is 4.80. The van der Waals surface area contributed by atoms with Gasteiger partial charge in [0, 0.05) is 7.05 Å². The minimum absolute atomic E-state index is 0. The van der Waals surface area contributed by atoms with Crippen molar-refractivity contribution in [2.24, 2.45) is 5.92 Å². The monoisotopic (exact) mass is 229 g/mol. The van der Waals surface area contributed by atoms with Crippen LogP contribution in [0.2, 0.25) is 0 Å². The molecule has 0 saturated carbocycles. The smallest absolute Gasteiger partial charge is 0.375 e. The standard InChI is InChI=1S/C8H14NO.Y/c1-6(2)7-4-5-8(10)9(7)3;/h4,6-7H,5H2,1-3H3;/q-1;+3. The van der Waals surface area contributed by atoms with Crippen molar-refractivity contribution in [2.45, 2.75) is 26.3 Å². The first-order valence-electron chi connectivity index (χ1n) is 3.72. The summed E-state index contributed by atoms with van der Waals surface area (Å²) < 4.78 is 0. The molecule has 0 N–H and O–H groups in total. The number of carbonyl (C=O) groups is 1. The van der Waals surface area contributed by atoms with E-state index in [9.17, 15) is 4.79 Å². The van der Waals surface area contributed by atoms with Crippen molar-refractivity contribution in [3.05, 3.63) is 6.42 Å². The Hall–Kier alpha value is 0.574. The summed E-state index contributed by atoms with van der Waals surface area (Å²) in [5.74, 6) is 0.801. The maximum Gasteiger partial charge on any atom is 3.00 e. The fourth-order valence-corrected chi connectivity index (χ4v) is 1.41. The topological polar surface area (TPSA) is 20.3 Å². The maximum absolute atomic E-state index is 11.0. The fraction of sp³-hybridized carbons (Fsp3) is 0.750. The Labute approximate surface area is 93.6 Å². The first kappa shape index (κ1) is 11.6. The van der Waals surface area contributed by atoms with Gasteiger partial charge in [-0.1, -0.05) is 32.2 Å². The molecule has 0 aromatic carbocycles. The molecule has 1 aliphatic heterocycles. The molecule has 0 aliphatic carbocycles. The normalized spacial score (nSPS) is 24.2. The van der Waals surface area contributed by atoms with Gasteiger partial charge in [0.25, 0.3) is 0 Å². The van der Waals surface area contributed by atoms with Gasteiger partial charge in [-0.25, -0.2) is 0 Å². The Morgan fingerprint density at radius 1 is 1.64 bits per heavy atom. The van der Waals surface area contributed by atoms with Crippen LogP contribution in [0.15, 0.2) is 0 Å². The predicted molar refractivity (Wildman–Crippen MR) is 40.3 cm³/mol. The van der Waals surface area contributed by atoms with Crippen LogP contribution in [0.1, 0.15) is 20.3 Å². The van der Waals surface area contributed by atoms with E-state index in [4.69, 9.17) is 0 Å². The summed E-state index contributed by atoms with van der Waals surface area (Å²) in [5.41, 5.74) is 0. The van der Waals surface area contributed by atoms with Gasteiger partial charge in [-0.05, 0) is 0 Å². The fourth-order valence-electron chi connectivity index (χ4n) is 1.41. The van der Waals surface area contributed by atoms with Crippen molar-refractivity contribution < 1.29 is 37.5 Å². The van der Waals surface area contributed by atoms with Crippen LogP contribution in [0, 0.1) is 12.3 Å². The predicted octanol–water partition coefficient (Wildman–Crippen LogP) is 1.07. The molecule has 1 fully saturated rings. The average Bonchev–Trinajstić information content (AvgIpc) is 2.14. The van der Waals surface area contributed by atoms with Crippen molar-refractivity contribution >= 4 is 5.91 Å². The molecular formula is C8H14NOY+2. The molecule has 0 aromatic rings. The zero-order valence-corrected chi connectivity index (χ0v) is 10.2. The van der Waals surface area contributed by atoms with Gasteiger partial charge < -0.3 is 4.90 Å². The molecule has 0 aromatic heterocycles. The van der Waals surface area contributed by atoms with E-state index >= 15 is 0 Å². The summed E-state index contributed by atoms with van der Waals surface area (Å²) in [4.78, 5) is 12.8. The molecule has 2 nitrogen and oxygen atoms in total. The summed E-state index contributed by atoms with van der Waals surface area (Å²) >= 11 is 0. The van der Waals surface area contributed by atoms with E-state index in [2.05, 4.69) is 20.3 Å². The molecule has 1 amide bonds. The second-order valence-electron chi connectivity index (χ2n) is 3.18. The Balaban J connectivity index is 0.000001000. The summed E-state index contributed by atoms with van der Waals surface area (Å²) in [6, 6.07) is 0.368. The summed E-state index contributed by atoms with van der Waals surface area (Å²) in [6.07, 6.45) is 2.71. The molecule has 1 atom stereocenters. The van der Waals surface area contributed by atoms with Gasteiger partial charge in [0.2, 0.25) is 0 Å². The summed E-state index contributed by atoms with van der Waals surface area (Å²) in [7, 11) is 1.87. The molecular weight excluding hydrogens is 215 g/mol. The van der Waals surface area contributed by atoms with Crippen LogP contribution in [0.4, 0.5) is 0 Å². The van der Waals surface area contributed by atoms with Gasteiger partial charge in [0.1, 0.15) is 0 Å². The molecule has 1 saturated heterocycles. The average molecular weight is 229 g/mol. The van der Waals surface area contributed by atoms with Gasteiger partial charge >= 0.3 is 32.7 Å². The van der Waals surface area contributed by atoms with Crippen LogP contribution in [-0.4, -0.2) is 23.9 Å². The second kappa shape index (κ2) is 4.56. The number of rotatable bonds is 1. The van der Waals surface area contributed by atoms with E-state index in [0.29, 0.717) is 18.4 Å². The van der Waals surface area contributed by atoms with E-state index < -0.39 is 0 Å². The van der Waals surface area contributed by atoms with Crippen molar-refractivity contribution in [3.63, 3.8) is 0 Å². The van der Waals surface area contributed by atoms with Gasteiger partial charge in [0.05, 0.1) is 0 Å². The second-order valence-corrected chi connectivity index (χ2v) is 3.18. The van der Waals surface area contributed by atoms with E-state index in [1.54, 1.807) is 0 Å². The Morgan fingerprint density at radius 3 is 2.36 bits per heavy atom. The van der Waals surface area contributed by atoms with Gasteiger partial charge in [-0.3, -0.25) is 11.2 Å². The molecule has 0 bridgehead atoms. The molecule has 11 heavy (non-hydrogen) atoms. The number of likely N-dealkylation sites (tertiary alicyclic amines) is 1. The number of nitrogens with zero attached hydrogens (tertiary/aromatic N) is 1. The summed E-state index contributed by atoms with van der Waals surface area (Å²) in [6.45, 7) is 4.27. The summed E-state index contributed by atoms with van der Waals surface area (Å²) in [5, 5.41) is 0. The Morgan fingerprint density at radius 2 is 2.18 bits per heavy atom. The van der Waals surface area contributed by atoms with E-state index in [1.165, 1.54) is 0 Å². The van der Waals surface area contributed by atoms with E-state index in [-0.39, 0.29) is 38.6 Å². The minimum atomic E-state index is 0. The van der Waals surface area contributed by atoms with Crippen LogP contribution < -0.4 is 0 Å². The molecule has 1 heterocycles. The van der Waals surface area contributed by atoms with Crippen LogP contribution in [0.25, 0.3) is 0 Å². The zero-order valence-electron chi connectivity index (χ0n) is 7.37. The van der Waals surface area contributed by atoms with Gasteiger partial charge in [-0.2, -0.15) is 0 Å². The van der Waals surface area contributed by atoms with Crippen molar-refractivity contribution in [1.29, 1.82) is 0 Å². The SMILES string of the molecule is CC(C)C1[CH-]CC(=O)N1C.[Y+3]. The van der Waals surface area contributed by atoms with Crippen LogP contribution in [0.3, 0.4) is 0 Å². The molecule has 1 rings (SSSR count). The van der Waals surface area contributed by atoms with Crippen LogP contribution >= 0.6 is 0 Å². The van der Waals surface area contributed by atoms with Crippen LogP contribution in [-0.2, 0) is 37.5 Å². The molecule has 1 unspecified atom stereocenters. The van der Waals surface area contributed by atoms with Crippen molar-refractivity contribution in [2.75, 3.05) is 7.05 Å². The third kappa shape index (κ3) is 2.52. The first-order valence-corrected chi connectivity index (χ1v) is 3.72. The van der Waals surface area contributed by atoms with Gasteiger partial charge in [0.15, 0.2) is 5.91 Å². The van der Waals surface area contributed by atoms with Gasteiger partial charge in [-0.15, -0.1) is 0 Å². The van der Waals surface area contributed by atoms with Crippen molar-refractivity contribution in [3.8, 4) is 0 Å². The molecule has 0 radical (unpaired) electrons. The van der Waals surface area contributed by atoms with Crippen molar-refractivity contribution in [1.82, 2.24) is 4.90 Å². The third-order valence-corrected chi connectivity index (χ3v) is 2.06. The zero-order chi connectivity index (χ0) is 7.72. The number of amides is 1. The number of hydrogen-bond acceptors (Lipinski definition) is 1. The maximum atomic E-state index is 11.0. The number of hydrogen-bond donors (Lipinski definition) is 0. The van der Waals surface area contributed by atoms with E-state index in [1.807, 2.05) is 11.9 Å². The van der Waals surface area contributed by atoms with E-state index in [0.717, 1.165) is 0 Å². The first-order chi connectivity index (χ1) is 4.63. The minimum Gasteiger partial charge on any atom is -0.375 e. The largest absolute Gasteiger partial charge is 3.00 e. The van der Waals surface area contributed by atoms with Crippen LogP contribution in [0.5, 0.6) is 0 Å². The Bertz CT molecular complexity index is 147. The molecule has 1 aliphatic rings. The third-order valence-electron chi connectivity index (χ3n) is 2.06. The number of carbonyl (C=O) groups excluding carboxylic acids is 1. The molecule has 58 valence electrons. The molecule has 3 heteroatoms. The molecule has 0 spiro atoms.